The highest BCUT2D eigenvalue weighted by Crippen LogP contribution is 2.35. The van der Waals surface area contributed by atoms with Gasteiger partial charge in [-0.1, -0.05) is 28.9 Å². The van der Waals surface area contributed by atoms with Crippen LogP contribution in [-0.2, 0) is 4.74 Å². The molecule has 3 unspecified atom stereocenters. The van der Waals surface area contributed by atoms with E-state index in [1.165, 1.54) is 18.2 Å². The number of hydrogen-bond acceptors (Lipinski definition) is 2. The number of rotatable bonds is 5. The standard InChI is InChI=1S/C13H15BrF2O2/c1-2-6-17-12-8(14)7-11(12)18-13-9(15)4-3-5-10(13)16/h3-5,8,11-12H,2,6-7H2,1H3. The molecule has 0 aliphatic heterocycles. The zero-order valence-corrected chi connectivity index (χ0v) is 11.6. The van der Waals surface area contributed by atoms with Gasteiger partial charge in [0.1, 0.15) is 12.2 Å². The molecule has 100 valence electrons. The molecule has 0 radical (unpaired) electrons. The number of para-hydroxylation sites is 1. The number of alkyl halides is 1. The van der Waals surface area contributed by atoms with E-state index < -0.39 is 11.6 Å². The van der Waals surface area contributed by atoms with E-state index in [4.69, 9.17) is 9.47 Å². The van der Waals surface area contributed by atoms with Gasteiger partial charge in [0.05, 0.1) is 0 Å². The van der Waals surface area contributed by atoms with Crippen molar-refractivity contribution in [3.63, 3.8) is 0 Å². The Hall–Kier alpha value is -0.680. The predicted octanol–water partition coefficient (Wildman–Crippen LogP) is 3.67. The first-order chi connectivity index (χ1) is 8.63. The fourth-order valence-electron chi connectivity index (χ4n) is 1.85. The second-order valence-electron chi connectivity index (χ2n) is 4.29. The quantitative estimate of drug-likeness (QED) is 0.771. The third kappa shape index (κ3) is 2.83. The highest BCUT2D eigenvalue weighted by molar-refractivity contribution is 9.09. The number of benzene rings is 1. The Morgan fingerprint density at radius 1 is 1.33 bits per heavy atom. The first-order valence-corrected chi connectivity index (χ1v) is 6.91. The highest BCUT2D eigenvalue weighted by Gasteiger charge is 2.43. The molecule has 2 nitrogen and oxygen atoms in total. The average molecular weight is 321 g/mol. The van der Waals surface area contributed by atoms with Crippen molar-refractivity contribution in [3.8, 4) is 5.75 Å². The van der Waals surface area contributed by atoms with Crippen LogP contribution in [-0.4, -0.2) is 23.6 Å². The molecule has 1 aliphatic carbocycles. The van der Waals surface area contributed by atoms with E-state index in [0.29, 0.717) is 13.0 Å². The molecule has 0 spiro atoms. The van der Waals surface area contributed by atoms with Gasteiger partial charge < -0.3 is 9.47 Å². The van der Waals surface area contributed by atoms with Crippen molar-refractivity contribution < 1.29 is 18.3 Å². The molecule has 1 aromatic carbocycles. The van der Waals surface area contributed by atoms with E-state index in [1.54, 1.807) is 0 Å². The predicted molar refractivity (Wildman–Crippen MR) is 68.1 cm³/mol. The summed E-state index contributed by atoms with van der Waals surface area (Å²) in [5, 5.41) is 0. The van der Waals surface area contributed by atoms with Crippen LogP contribution in [0.1, 0.15) is 19.8 Å². The van der Waals surface area contributed by atoms with Crippen LogP contribution in [0.2, 0.25) is 0 Å². The molecule has 5 heteroatoms. The van der Waals surface area contributed by atoms with Gasteiger partial charge in [-0.25, -0.2) is 8.78 Å². The molecule has 0 aromatic heterocycles. The fraction of sp³-hybridized carbons (Fsp3) is 0.538. The summed E-state index contributed by atoms with van der Waals surface area (Å²) in [4.78, 5) is 0.184. The van der Waals surface area contributed by atoms with Crippen LogP contribution < -0.4 is 4.74 Å². The first kappa shape index (κ1) is 13.7. The van der Waals surface area contributed by atoms with Crippen molar-refractivity contribution in [3.05, 3.63) is 29.8 Å². The van der Waals surface area contributed by atoms with E-state index in [2.05, 4.69) is 15.9 Å². The summed E-state index contributed by atoms with van der Waals surface area (Å²) in [7, 11) is 0. The van der Waals surface area contributed by atoms with Gasteiger partial charge in [-0.2, -0.15) is 0 Å². The van der Waals surface area contributed by atoms with Gasteiger partial charge in [0.25, 0.3) is 0 Å². The van der Waals surface area contributed by atoms with Gasteiger partial charge in [0.15, 0.2) is 17.4 Å². The number of hydrogen-bond donors (Lipinski definition) is 0. The Morgan fingerprint density at radius 2 is 2.00 bits per heavy atom. The summed E-state index contributed by atoms with van der Waals surface area (Å²) in [5.41, 5.74) is 0. The zero-order valence-electron chi connectivity index (χ0n) is 10.0. The van der Waals surface area contributed by atoms with E-state index >= 15 is 0 Å². The Morgan fingerprint density at radius 3 is 2.56 bits per heavy atom. The van der Waals surface area contributed by atoms with Gasteiger partial charge in [-0.15, -0.1) is 0 Å². The molecule has 1 fully saturated rings. The van der Waals surface area contributed by atoms with Gasteiger partial charge in [0, 0.05) is 17.9 Å². The van der Waals surface area contributed by atoms with Crippen molar-refractivity contribution in [1.29, 1.82) is 0 Å². The Kier molecular flexibility index (Phi) is 4.56. The fourth-order valence-corrected chi connectivity index (χ4v) is 2.72. The minimum absolute atomic E-state index is 0.149. The maximum absolute atomic E-state index is 13.4. The smallest absolute Gasteiger partial charge is 0.191 e. The summed E-state index contributed by atoms with van der Waals surface area (Å²) < 4.78 is 37.8. The van der Waals surface area contributed by atoms with Crippen molar-refractivity contribution in [2.75, 3.05) is 6.61 Å². The Balaban J connectivity index is 2.01. The molecule has 0 saturated heterocycles. The largest absolute Gasteiger partial charge is 0.482 e. The molecular weight excluding hydrogens is 306 g/mol. The highest BCUT2D eigenvalue weighted by atomic mass is 79.9. The Bertz CT molecular complexity index is 394. The molecule has 0 N–H and O–H groups in total. The second kappa shape index (κ2) is 5.97. The maximum Gasteiger partial charge on any atom is 0.191 e. The van der Waals surface area contributed by atoms with Crippen molar-refractivity contribution in [2.45, 2.75) is 36.8 Å². The van der Waals surface area contributed by atoms with Crippen LogP contribution in [0, 0.1) is 11.6 Å². The lowest BCUT2D eigenvalue weighted by molar-refractivity contribution is -0.0783. The molecule has 0 amide bonds. The van der Waals surface area contributed by atoms with E-state index in [1.807, 2.05) is 6.92 Å². The molecule has 3 atom stereocenters. The average Bonchev–Trinajstić information content (AvgIpc) is 2.33. The topological polar surface area (TPSA) is 18.5 Å². The second-order valence-corrected chi connectivity index (χ2v) is 5.47. The molecule has 0 heterocycles. The van der Waals surface area contributed by atoms with Crippen LogP contribution in [0.5, 0.6) is 5.75 Å². The van der Waals surface area contributed by atoms with Crippen molar-refractivity contribution >= 4 is 15.9 Å². The van der Waals surface area contributed by atoms with Crippen LogP contribution in [0.15, 0.2) is 18.2 Å². The van der Waals surface area contributed by atoms with Crippen LogP contribution in [0.25, 0.3) is 0 Å². The third-order valence-electron chi connectivity index (χ3n) is 2.88. The minimum atomic E-state index is -0.678. The zero-order chi connectivity index (χ0) is 13.1. The first-order valence-electron chi connectivity index (χ1n) is 5.99. The molecule has 1 aromatic rings. The maximum atomic E-state index is 13.4. The number of halogens is 3. The summed E-state index contributed by atoms with van der Waals surface area (Å²) >= 11 is 3.46. The van der Waals surface area contributed by atoms with E-state index in [0.717, 1.165) is 6.42 Å². The summed E-state index contributed by atoms with van der Waals surface area (Å²) in [5.74, 6) is -1.67. The van der Waals surface area contributed by atoms with Gasteiger partial charge in [-0.3, -0.25) is 0 Å². The molecule has 0 bridgehead atoms. The minimum Gasteiger partial charge on any atom is -0.482 e. The van der Waals surface area contributed by atoms with Crippen LogP contribution in [0.3, 0.4) is 0 Å². The summed E-state index contributed by atoms with van der Waals surface area (Å²) in [6.45, 7) is 2.63. The molecular formula is C13H15BrF2O2. The SMILES string of the molecule is CCCOC1C(Br)CC1Oc1c(F)cccc1F. The number of ether oxygens (including phenoxy) is 2. The monoisotopic (exact) mass is 320 g/mol. The van der Waals surface area contributed by atoms with Crippen molar-refractivity contribution in [1.82, 2.24) is 0 Å². The van der Waals surface area contributed by atoms with Gasteiger partial charge >= 0.3 is 0 Å². The summed E-state index contributed by atoms with van der Waals surface area (Å²) in [6.07, 6.45) is 1.13. The third-order valence-corrected chi connectivity index (χ3v) is 3.78. The Labute approximate surface area is 113 Å². The lowest BCUT2D eigenvalue weighted by Crippen LogP contribution is -2.52. The summed E-state index contributed by atoms with van der Waals surface area (Å²) in [6, 6.07) is 3.69. The van der Waals surface area contributed by atoms with Gasteiger partial charge in [-0.05, 0) is 18.6 Å². The van der Waals surface area contributed by atoms with Crippen LogP contribution in [0.4, 0.5) is 8.78 Å². The molecule has 1 saturated carbocycles. The lowest BCUT2D eigenvalue weighted by atomic mass is 9.91. The van der Waals surface area contributed by atoms with Gasteiger partial charge in [0.2, 0.25) is 0 Å². The molecule has 2 rings (SSSR count). The van der Waals surface area contributed by atoms with Crippen LogP contribution >= 0.6 is 15.9 Å². The van der Waals surface area contributed by atoms with E-state index in [-0.39, 0.29) is 22.8 Å². The van der Waals surface area contributed by atoms with Crippen molar-refractivity contribution in [2.24, 2.45) is 0 Å². The van der Waals surface area contributed by atoms with E-state index in [9.17, 15) is 8.78 Å². The normalized spacial score (nSPS) is 26.8. The molecule has 18 heavy (non-hydrogen) atoms. The molecule has 1 aliphatic rings. The lowest BCUT2D eigenvalue weighted by Gasteiger charge is -2.40.